The van der Waals surface area contributed by atoms with Crippen LogP contribution in [0.1, 0.15) is 25.5 Å². The molecule has 0 aromatic heterocycles. The number of ether oxygens (including phenoxy) is 1. The van der Waals surface area contributed by atoms with Gasteiger partial charge in [-0.3, -0.25) is 0 Å². The second kappa shape index (κ2) is 6.63. The Hall–Kier alpha value is -2.01. The van der Waals surface area contributed by atoms with Crippen molar-refractivity contribution in [2.75, 3.05) is 6.54 Å². The average molecular weight is 295 g/mol. The molecule has 0 heterocycles. The second-order valence-corrected chi connectivity index (χ2v) is 4.68. The topological polar surface area (TPSA) is 21.3 Å². The minimum absolute atomic E-state index is 0.00478. The van der Waals surface area contributed by atoms with Crippen molar-refractivity contribution in [1.82, 2.24) is 5.32 Å². The predicted molar refractivity (Wildman–Crippen MR) is 74.9 cm³/mol. The lowest BCUT2D eigenvalue weighted by Gasteiger charge is -2.14. The van der Waals surface area contributed by atoms with E-state index >= 15 is 0 Å². The number of rotatable bonds is 5. The van der Waals surface area contributed by atoms with Crippen molar-refractivity contribution in [2.24, 2.45) is 0 Å². The fourth-order valence-corrected chi connectivity index (χ4v) is 2.01. The number of benzene rings is 2. The monoisotopic (exact) mass is 295 g/mol. The van der Waals surface area contributed by atoms with Crippen molar-refractivity contribution in [2.45, 2.75) is 19.9 Å². The van der Waals surface area contributed by atoms with Crippen LogP contribution in [-0.2, 0) is 0 Å². The van der Waals surface area contributed by atoms with Crippen molar-refractivity contribution in [3.8, 4) is 11.5 Å². The summed E-state index contributed by atoms with van der Waals surface area (Å²) in [4.78, 5) is 0. The van der Waals surface area contributed by atoms with Gasteiger partial charge >= 0.3 is 0 Å². The van der Waals surface area contributed by atoms with Gasteiger partial charge in [-0.05, 0) is 31.2 Å². The fourth-order valence-electron chi connectivity index (χ4n) is 2.01. The molecule has 0 amide bonds. The number of hydrogen-bond acceptors (Lipinski definition) is 2. The van der Waals surface area contributed by atoms with E-state index in [1.54, 1.807) is 6.07 Å². The number of hydrogen-bond donors (Lipinski definition) is 1. The smallest absolute Gasteiger partial charge is 0.166 e. The lowest BCUT2D eigenvalue weighted by atomic mass is 10.1. The van der Waals surface area contributed by atoms with Gasteiger partial charge in [0, 0.05) is 24.2 Å². The first kappa shape index (κ1) is 15.4. The molecule has 0 fully saturated rings. The van der Waals surface area contributed by atoms with Crippen LogP contribution >= 0.6 is 0 Å². The van der Waals surface area contributed by atoms with Crippen LogP contribution in [0.15, 0.2) is 36.4 Å². The average Bonchev–Trinajstić information content (AvgIpc) is 2.40. The summed E-state index contributed by atoms with van der Waals surface area (Å²) in [6.07, 6.45) is 0. The van der Waals surface area contributed by atoms with Gasteiger partial charge in [0.25, 0.3) is 0 Å². The highest BCUT2D eigenvalue weighted by molar-refractivity contribution is 5.35. The third-order valence-electron chi connectivity index (χ3n) is 3.03. The van der Waals surface area contributed by atoms with E-state index in [-0.39, 0.29) is 17.5 Å². The van der Waals surface area contributed by atoms with Gasteiger partial charge in [0.05, 0.1) is 0 Å². The van der Waals surface area contributed by atoms with Gasteiger partial charge in [0.1, 0.15) is 17.4 Å². The third-order valence-corrected chi connectivity index (χ3v) is 3.03. The van der Waals surface area contributed by atoms with Crippen molar-refractivity contribution in [1.29, 1.82) is 0 Å². The SMILES string of the molecule is CCNC(C)c1ccc(Oc2cc(F)cc(F)c2)c(F)c1. The molecule has 0 spiro atoms. The fraction of sp³-hybridized carbons (Fsp3) is 0.250. The molecular formula is C16H16F3NO. The third kappa shape index (κ3) is 3.98. The molecule has 0 radical (unpaired) electrons. The first-order valence-electron chi connectivity index (χ1n) is 6.66. The van der Waals surface area contributed by atoms with E-state index in [1.165, 1.54) is 12.1 Å². The van der Waals surface area contributed by atoms with Crippen LogP contribution in [0, 0.1) is 17.5 Å². The van der Waals surface area contributed by atoms with E-state index in [1.807, 2.05) is 13.8 Å². The summed E-state index contributed by atoms with van der Waals surface area (Å²) in [7, 11) is 0. The molecule has 2 rings (SSSR count). The molecule has 2 aromatic rings. The zero-order valence-electron chi connectivity index (χ0n) is 11.8. The molecule has 0 saturated heterocycles. The summed E-state index contributed by atoms with van der Waals surface area (Å²) in [5.74, 6) is -2.29. The number of nitrogens with one attached hydrogen (secondary N) is 1. The maximum Gasteiger partial charge on any atom is 0.166 e. The highest BCUT2D eigenvalue weighted by Crippen LogP contribution is 2.27. The van der Waals surface area contributed by atoms with E-state index in [0.29, 0.717) is 0 Å². The van der Waals surface area contributed by atoms with Crippen LogP contribution < -0.4 is 10.1 Å². The Kier molecular flexibility index (Phi) is 4.85. The van der Waals surface area contributed by atoms with Gasteiger partial charge in [0.2, 0.25) is 0 Å². The Morgan fingerprint density at radius 1 is 1.05 bits per heavy atom. The second-order valence-electron chi connectivity index (χ2n) is 4.68. The highest BCUT2D eigenvalue weighted by atomic mass is 19.1. The van der Waals surface area contributed by atoms with E-state index in [9.17, 15) is 13.2 Å². The minimum atomic E-state index is -0.775. The molecular weight excluding hydrogens is 279 g/mol. The Morgan fingerprint density at radius 3 is 2.29 bits per heavy atom. The van der Waals surface area contributed by atoms with Gasteiger partial charge in [-0.25, -0.2) is 13.2 Å². The lowest BCUT2D eigenvalue weighted by molar-refractivity contribution is 0.432. The van der Waals surface area contributed by atoms with Crippen molar-refractivity contribution in [3.05, 3.63) is 59.4 Å². The summed E-state index contributed by atoms with van der Waals surface area (Å²) in [5.41, 5.74) is 0.770. The predicted octanol–water partition coefficient (Wildman–Crippen LogP) is 4.57. The molecule has 0 aliphatic heterocycles. The molecule has 1 unspecified atom stereocenters. The zero-order valence-corrected chi connectivity index (χ0v) is 11.8. The Labute approximate surface area is 121 Å². The van der Waals surface area contributed by atoms with Crippen molar-refractivity contribution in [3.63, 3.8) is 0 Å². The first-order valence-corrected chi connectivity index (χ1v) is 6.66. The molecule has 2 aromatic carbocycles. The summed E-state index contributed by atoms with van der Waals surface area (Å²) in [5, 5.41) is 3.17. The number of halogens is 3. The van der Waals surface area contributed by atoms with Gasteiger partial charge in [-0.2, -0.15) is 0 Å². The highest BCUT2D eigenvalue weighted by Gasteiger charge is 2.11. The zero-order chi connectivity index (χ0) is 15.4. The maximum absolute atomic E-state index is 14.0. The molecule has 0 aliphatic carbocycles. The van der Waals surface area contributed by atoms with E-state index < -0.39 is 17.5 Å². The van der Waals surface area contributed by atoms with Crippen LogP contribution in [0.2, 0.25) is 0 Å². The van der Waals surface area contributed by atoms with E-state index in [2.05, 4.69) is 5.32 Å². The van der Waals surface area contributed by atoms with Crippen molar-refractivity contribution >= 4 is 0 Å². The summed E-state index contributed by atoms with van der Waals surface area (Å²) in [6, 6.07) is 7.23. The lowest BCUT2D eigenvalue weighted by Crippen LogP contribution is -2.17. The molecule has 112 valence electrons. The Bertz CT molecular complexity index is 611. The van der Waals surface area contributed by atoms with E-state index in [4.69, 9.17) is 4.74 Å². The van der Waals surface area contributed by atoms with Gasteiger partial charge in [0.15, 0.2) is 11.6 Å². The largest absolute Gasteiger partial charge is 0.454 e. The van der Waals surface area contributed by atoms with Gasteiger partial charge in [-0.15, -0.1) is 0 Å². The molecule has 5 heteroatoms. The quantitative estimate of drug-likeness (QED) is 0.872. The molecule has 21 heavy (non-hydrogen) atoms. The summed E-state index contributed by atoms with van der Waals surface area (Å²) in [6.45, 7) is 4.65. The Balaban J connectivity index is 2.21. The van der Waals surface area contributed by atoms with Gasteiger partial charge in [-0.1, -0.05) is 13.0 Å². The van der Waals surface area contributed by atoms with Crippen LogP contribution in [-0.4, -0.2) is 6.54 Å². The molecule has 0 aliphatic rings. The van der Waals surface area contributed by atoms with Crippen LogP contribution in [0.3, 0.4) is 0 Å². The van der Waals surface area contributed by atoms with Crippen molar-refractivity contribution < 1.29 is 17.9 Å². The molecule has 1 atom stereocenters. The Morgan fingerprint density at radius 2 is 1.71 bits per heavy atom. The van der Waals surface area contributed by atoms with Gasteiger partial charge < -0.3 is 10.1 Å². The summed E-state index contributed by atoms with van der Waals surface area (Å²) < 4.78 is 45.3. The normalized spacial score (nSPS) is 12.2. The van der Waals surface area contributed by atoms with Crippen LogP contribution in [0.5, 0.6) is 11.5 Å². The van der Waals surface area contributed by atoms with Crippen LogP contribution in [0.4, 0.5) is 13.2 Å². The molecule has 0 bridgehead atoms. The maximum atomic E-state index is 14.0. The summed E-state index contributed by atoms with van der Waals surface area (Å²) >= 11 is 0. The first-order chi connectivity index (χ1) is 9.99. The minimum Gasteiger partial charge on any atom is -0.454 e. The molecule has 2 nitrogen and oxygen atoms in total. The van der Waals surface area contributed by atoms with E-state index in [0.717, 1.165) is 30.3 Å². The standard InChI is InChI=1S/C16H16F3NO/c1-3-20-10(2)11-4-5-16(15(19)6-11)21-14-8-12(17)7-13(18)9-14/h4-10,20H,3H2,1-2H3. The molecule has 0 saturated carbocycles. The molecule has 1 N–H and O–H groups in total. The van der Waals surface area contributed by atoms with Crippen LogP contribution in [0.25, 0.3) is 0 Å².